The molecule has 21 nitrogen and oxygen atoms in total. The Morgan fingerprint density at radius 2 is 1.67 bits per heavy atom. The molecule has 0 aromatic heterocycles. The maximum atomic E-state index is 14.5. The van der Waals surface area contributed by atoms with Crippen LogP contribution >= 0.6 is 23.2 Å². The van der Waals surface area contributed by atoms with Gasteiger partial charge in [-0.2, -0.15) is 0 Å². The van der Waals surface area contributed by atoms with Crippen LogP contribution in [0.4, 0.5) is 10.5 Å². The molecule has 2 fully saturated rings. The number of urea groups is 1. The lowest BCUT2D eigenvalue weighted by Crippen LogP contribution is -2.53. The standard InChI is InChI=1S/C63H82Cl2N6O15/c1-35(2)44(31-42(72)17-12-11-13-25-71-52(74)22-23-53(71)75)58(78)68-46(18-15-24-67-61(66)81)48(73)30-40-20-21-43(45(64)28-40)59(79)69(8)39(6)60(80)85-51-32-54(76)70(9)47-29-41(27-37(4)56(47)65)26-36(3)16-14-19-50(83-10)63(82)33-49(84-55(77)34-63)38(5)57-62(51,7)86-57/h14,16,19-23,27-29,35,38-39,44,46,49-51,57,82H,11-13,15,17-18,24-26,30-34H2,1-10H3,(H,68,78)(H3,66,67,81)/b19-14+,36-16+/t38-,39+,44+,46+,49+,50-,51+,57+,62+,63-/m1/s1. The number of benzene rings is 2. The molecule has 2 saturated heterocycles. The number of aliphatic hydroxyl groups is 1. The number of epoxide rings is 1. The van der Waals surface area contributed by atoms with Crippen molar-refractivity contribution in [2.24, 2.45) is 23.5 Å². The summed E-state index contributed by atoms with van der Waals surface area (Å²) < 4.78 is 24.2. The minimum Gasteiger partial charge on any atom is -0.462 e. The third-order valence-corrected chi connectivity index (χ3v) is 17.7. The van der Waals surface area contributed by atoms with Gasteiger partial charge < -0.3 is 50.2 Å². The predicted octanol–water partition coefficient (Wildman–Crippen LogP) is 6.79. The van der Waals surface area contributed by atoms with Crippen molar-refractivity contribution < 1.29 is 72.0 Å². The number of methoxy groups -OCH3 is 1. The van der Waals surface area contributed by atoms with Crippen molar-refractivity contribution in [2.45, 2.75) is 173 Å². The quantitative estimate of drug-likeness (QED) is 0.0385. The van der Waals surface area contributed by atoms with Crippen LogP contribution in [0.1, 0.15) is 133 Å². The first-order chi connectivity index (χ1) is 40.5. The number of nitrogens with one attached hydrogen (secondary N) is 2. The molecule has 4 heterocycles. The van der Waals surface area contributed by atoms with Crippen molar-refractivity contribution in [3.05, 3.63) is 98.6 Å². The number of ether oxygens (including phenoxy) is 4. The van der Waals surface area contributed by atoms with Gasteiger partial charge in [0.05, 0.1) is 46.3 Å². The number of rotatable bonds is 23. The Hall–Kier alpha value is -6.78. The normalized spacial score (nSPS) is 25.3. The third kappa shape index (κ3) is 17.3. The second-order valence-electron chi connectivity index (χ2n) is 23.8. The van der Waals surface area contributed by atoms with E-state index >= 15 is 0 Å². The summed E-state index contributed by atoms with van der Waals surface area (Å²) in [4.78, 5) is 136. The lowest BCUT2D eigenvalue weighted by atomic mass is 9.78. The van der Waals surface area contributed by atoms with Gasteiger partial charge in [-0.1, -0.05) is 86.3 Å². The summed E-state index contributed by atoms with van der Waals surface area (Å²) in [5.74, 6) is -6.17. The fraction of sp³-hybridized carbons (Fsp3) is 0.556. The van der Waals surface area contributed by atoms with Crippen LogP contribution in [0.5, 0.6) is 0 Å². The topological polar surface area (TPSA) is 291 Å². The molecular formula is C63H82Cl2N6O15. The van der Waals surface area contributed by atoms with Gasteiger partial charge in [-0.25, -0.2) is 9.59 Å². The number of ketones is 2. The highest BCUT2D eigenvalue weighted by atomic mass is 35.5. The Labute approximate surface area is 512 Å². The molecule has 4 aliphatic heterocycles. The highest BCUT2D eigenvalue weighted by Gasteiger charge is 2.64. The molecule has 7 amide bonds. The number of fused-ring (bicyclic) bond motifs is 5. The lowest BCUT2D eigenvalue weighted by Gasteiger charge is -2.41. The van der Waals surface area contributed by atoms with Gasteiger partial charge in [0.1, 0.15) is 41.3 Å². The largest absolute Gasteiger partial charge is 0.462 e. The number of anilines is 1. The number of hydrogen-bond donors (Lipinski definition) is 4. The maximum Gasteiger partial charge on any atom is 0.328 e. The highest BCUT2D eigenvalue weighted by molar-refractivity contribution is 6.35. The minimum absolute atomic E-state index is 0.0133. The number of allylic oxidation sites excluding steroid dienone is 3. The Bertz CT molecular complexity index is 3020. The highest BCUT2D eigenvalue weighted by Crippen LogP contribution is 2.50. The molecule has 4 bridgehead atoms. The molecule has 10 atom stereocenters. The zero-order valence-corrected chi connectivity index (χ0v) is 52.2. The summed E-state index contributed by atoms with van der Waals surface area (Å²) in [6.45, 7) is 12.6. The van der Waals surface area contributed by atoms with E-state index < -0.39 is 107 Å². The number of likely N-dealkylation sites (N-methyl/N-ethyl adjacent to an activating group) is 1. The number of halogens is 2. The lowest BCUT2D eigenvalue weighted by molar-refractivity contribution is -0.187. The molecule has 86 heavy (non-hydrogen) atoms. The molecule has 5 N–H and O–H groups in total. The van der Waals surface area contributed by atoms with Gasteiger partial charge in [-0.05, 0) is 101 Å². The molecule has 0 radical (unpaired) electrons. The van der Waals surface area contributed by atoms with Crippen LogP contribution < -0.4 is 21.3 Å². The van der Waals surface area contributed by atoms with E-state index in [2.05, 4.69) is 10.6 Å². The zero-order chi connectivity index (χ0) is 63.5. The average molecular weight is 1230 g/mol. The van der Waals surface area contributed by atoms with Crippen molar-refractivity contribution in [2.75, 3.05) is 39.2 Å². The number of esters is 2. The van der Waals surface area contributed by atoms with Crippen LogP contribution in [0, 0.1) is 24.7 Å². The molecule has 6 rings (SSSR count). The third-order valence-electron chi connectivity index (χ3n) is 16.8. The number of amides is 7. The molecular weight excluding hydrogens is 1150 g/mol. The number of Topliss-reactive ketones (excluding diaryl/α,β-unsaturated/α-hetero) is 2. The number of nitrogens with zero attached hydrogens (tertiary/aromatic N) is 3. The molecule has 2 aromatic rings. The second-order valence-corrected chi connectivity index (χ2v) is 24.5. The van der Waals surface area contributed by atoms with Crippen LogP contribution in [0.15, 0.2) is 66.3 Å². The van der Waals surface area contributed by atoms with E-state index in [1.165, 1.54) is 56.3 Å². The molecule has 468 valence electrons. The molecule has 0 aliphatic carbocycles. The van der Waals surface area contributed by atoms with E-state index in [4.69, 9.17) is 47.9 Å². The number of imide groups is 1. The van der Waals surface area contributed by atoms with Gasteiger partial charge in [0, 0.05) is 84.0 Å². The van der Waals surface area contributed by atoms with Crippen LogP contribution in [-0.2, 0) is 70.1 Å². The predicted molar refractivity (Wildman–Crippen MR) is 321 cm³/mol. The molecule has 0 saturated carbocycles. The molecule has 2 aromatic carbocycles. The number of hydrogen-bond acceptors (Lipinski definition) is 15. The first-order valence-electron chi connectivity index (χ1n) is 29.2. The van der Waals surface area contributed by atoms with Gasteiger partial charge in [0.15, 0.2) is 5.78 Å². The van der Waals surface area contributed by atoms with Crippen molar-refractivity contribution in [3.8, 4) is 0 Å². The number of carbonyl (C=O) groups is 10. The number of carbonyl (C=O) groups excluding carboxylic acids is 10. The molecule has 4 aliphatic rings. The summed E-state index contributed by atoms with van der Waals surface area (Å²) in [6, 6.07) is 5.00. The summed E-state index contributed by atoms with van der Waals surface area (Å²) in [7, 11) is 4.39. The van der Waals surface area contributed by atoms with E-state index in [9.17, 15) is 53.1 Å². The SMILES string of the molecule is CO[C@@H]1/C=C/C=C(\C)Cc2cc(C)c(Cl)c(c2)N(C)C(=O)C[C@H](OC(=O)[C@H](C)N(C)C(=O)c2ccc(CC(=O)[C@H](CCCNC(N)=O)NC(=O)[C@@H](CC(=O)CCCCCN3C(=O)C=CC3=O)C(C)C)cc2Cl)[C@]2(C)O[C@H]2[C@H](C)[C@@H]2C[C@@]1(O)CC(=O)O2. The van der Waals surface area contributed by atoms with E-state index in [0.29, 0.717) is 42.0 Å². The number of primary amides is 1. The molecule has 23 heteroatoms. The average Bonchev–Trinajstić information content (AvgIpc) is 1.60. The van der Waals surface area contributed by atoms with E-state index in [1.807, 2.05) is 32.1 Å². The van der Waals surface area contributed by atoms with Gasteiger partial charge in [-0.15, -0.1) is 0 Å². The minimum atomic E-state index is -1.65. The summed E-state index contributed by atoms with van der Waals surface area (Å²) in [6.07, 6.45) is 5.56. The smallest absolute Gasteiger partial charge is 0.328 e. The number of unbranched alkanes of at least 4 members (excludes halogenated alkanes) is 2. The zero-order valence-electron chi connectivity index (χ0n) is 50.7. The van der Waals surface area contributed by atoms with Crippen LogP contribution in [0.2, 0.25) is 10.0 Å². The first-order valence-corrected chi connectivity index (χ1v) is 29.9. The first kappa shape index (κ1) is 68.3. The van der Waals surface area contributed by atoms with Gasteiger partial charge in [0.25, 0.3) is 17.7 Å². The van der Waals surface area contributed by atoms with Crippen molar-refractivity contribution in [1.29, 1.82) is 0 Å². The van der Waals surface area contributed by atoms with Crippen molar-refractivity contribution in [1.82, 2.24) is 20.4 Å². The number of aryl methyl sites for hydroxylation is 1. The van der Waals surface area contributed by atoms with Gasteiger partial charge in [0.2, 0.25) is 11.8 Å². The van der Waals surface area contributed by atoms with E-state index in [1.54, 1.807) is 46.9 Å². The fourth-order valence-corrected chi connectivity index (χ4v) is 11.9. The maximum absolute atomic E-state index is 14.5. The number of nitrogens with two attached hydrogens (primary N) is 1. The van der Waals surface area contributed by atoms with Crippen LogP contribution in [0.25, 0.3) is 0 Å². The molecule has 0 spiro atoms. The Morgan fingerprint density at radius 1 is 0.977 bits per heavy atom. The monoisotopic (exact) mass is 1230 g/mol. The van der Waals surface area contributed by atoms with Crippen molar-refractivity contribution in [3.63, 3.8) is 0 Å². The van der Waals surface area contributed by atoms with Crippen molar-refractivity contribution >= 4 is 88.0 Å². The fourth-order valence-electron chi connectivity index (χ4n) is 11.3. The molecule has 0 unspecified atom stereocenters. The summed E-state index contributed by atoms with van der Waals surface area (Å²) in [5, 5.41) is 17.6. The Kier molecular flexibility index (Phi) is 23.6. The van der Waals surface area contributed by atoms with Gasteiger partial charge >= 0.3 is 18.0 Å². The Balaban J connectivity index is 1.15. The van der Waals surface area contributed by atoms with Crippen LogP contribution in [0.3, 0.4) is 0 Å². The summed E-state index contributed by atoms with van der Waals surface area (Å²) >= 11 is 13.6. The summed E-state index contributed by atoms with van der Waals surface area (Å²) in [5.41, 5.74) is 5.59. The van der Waals surface area contributed by atoms with Gasteiger partial charge in [-0.3, -0.25) is 43.3 Å². The van der Waals surface area contributed by atoms with Crippen LogP contribution in [-0.4, -0.2) is 156 Å². The van der Waals surface area contributed by atoms with E-state index in [0.717, 1.165) is 26.5 Å². The Morgan fingerprint density at radius 3 is 2.33 bits per heavy atom. The van der Waals surface area contributed by atoms with E-state index in [-0.39, 0.29) is 92.1 Å². The second kappa shape index (κ2) is 29.7.